The molecule has 0 unspecified atom stereocenters. The van der Waals surface area contributed by atoms with E-state index in [0.29, 0.717) is 11.5 Å². The van der Waals surface area contributed by atoms with Crippen molar-refractivity contribution in [2.24, 2.45) is 5.92 Å². The summed E-state index contributed by atoms with van der Waals surface area (Å²) in [6.45, 7) is 4.79. The lowest BCUT2D eigenvalue weighted by Crippen LogP contribution is -2.42. The fourth-order valence-corrected chi connectivity index (χ4v) is 3.51. The Labute approximate surface area is 129 Å². The van der Waals surface area contributed by atoms with Crippen LogP contribution in [0.5, 0.6) is 0 Å². The van der Waals surface area contributed by atoms with Crippen LogP contribution >= 0.6 is 0 Å². The number of amides is 1. The number of pyridine rings is 1. The van der Waals surface area contributed by atoms with Gasteiger partial charge in [0.25, 0.3) is 5.91 Å². The summed E-state index contributed by atoms with van der Waals surface area (Å²) in [6, 6.07) is 7.82. The van der Waals surface area contributed by atoms with Gasteiger partial charge in [0.05, 0.1) is 23.1 Å². The maximum Gasteiger partial charge on any atom is 0.255 e. The fraction of sp³-hybridized carbons (Fsp3) is 0.412. The molecule has 1 aliphatic heterocycles. The van der Waals surface area contributed by atoms with Crippen LogP contribution in [0.1, 0.15) is 28.2 Å². The molecular formula is C17H19N3O2. The summed E-state index contributed by atoms with van der Waals surface area (Å²) in [5.41, 5.74) is 2.69. The maximum absolute atomic E-state index is 12.2. The van der Waals surface area contributed by atoms with E-state index >= 15 is 0 Å². The Bertz CT molecular complexity index is 698. The van der Waals surface area contributed by atoms with Crippen LogP contribution in [-0.2, 0) is 6.54 Å². The summed E-state index contributed by atoms with van der Waals surface area (Å²) in [4.78, 5) is 19.1. The molecule has 1 saturated carbocycles. The molecule has 1 N–H and O–H groups in total. The Morgan fingerprint density at radius 1 is 1.50 bits per heavy atom. The lowest BCUT2D eigenvalue weighted by molar-refractivity contribution is 0.0926. The number of hydrogen-bond acceptors (Lipinski definition) is 4. The molecular weight excluding hydrogens is 278 g/mol. The molecule has 0 aromatic carbocycles. The van der Waals surface area contributed by atoms with Crippen LogP contribution in [0.4, 0.5) is 0 Å². The number of hydrogen-bond donors (Lipinski definition) is 1. The normalized spacial score (nSPS) is 26.7. The first-order valence-corrected chi connectivity index (χ1v) is 7.64. The Kier molecular flexibility index (Phi) is 3.04. The molecule has 2 aliphatic rings. The number of fused-ring (bicyclic) bond motifs is 1. The standard InChI is InChI=1S/C17H19N3O2/c1-12-3-2-4-15(18-12)9-20-8-14-7-17(14,11-20)19-16(21)13-5-6-22-10-13/h2-6,10,14H,7-9,11H2,1H3,(H,19,21)/t14-,17-/m0/s1. The number of likely N-dealkylation sites (tertiary alicyclic amines) is 1. The molecule has 1 saturated heterocycles. The summed E-state index contributed by atoms with van der Waals surface area (Å²) in [5, 5.41) is 3.20. The van der Waals surface area contributed by atoms with Crippen molar-refractivity contribution in [3.05, 3.63) is 53.7 Å². The highest BCUT2D eigenvalue weighted by Gasteiger charge is 2.60. The van der Waals surface area contributed by atoms with Gasteiger partial charge in [0.2, 0.25) is 0 Å². The Morgan fingerprint density at radius 2 is 2.41 bits per heavy atom. The van der Waals surface area contributed by atoms with Crippen molar-refractivity contribution in [3.63, 3.8) is 0 Å². The van der Waals surface area contributed by atoms with Crippen LogP contribution in [0.2, 0.25) is 0 Å². The minimum absolute atomic E-state index is 0.0354. The van der Waals surface area contributed by atoms with E-state index in [2.05, 4.69) is 21.3 Å². The van der Waals surface area contributed by atoms with Gasteiger partial charge < -0.3 is 9.73 Å². The molecule has 3 heterocycles. The second-order valence-electron chi connectivity index (χ2n) is 6.46. The summed E-state index contributed by atoms with van der Waals surface area (Å²) in [7, 11) is 0. The van der Waals surface area contributed by atoms with Crippen molar-refractivity contribution in [3.8, 4) is 0 Å². The van der Waals surface area contributed by atoms with Gasteiger partial charge >= 0.3 is 0 Å². The SMILES string of the molecule is Cc1cccc(CN2C[C@@H]3C[C@]3(NC(=O)c3ccoc3)C2)n1. The Hall–Kier alpha value is -2.14. The number of rotatable bonds is 4. The van der Waals surface area contributed by atoms with E-state index in [0.717, 1.165) is 37.4 Å². The predicted molar refractivity (Wildman–Crippen MR) is 81.3 cm³/mol. The number of carbonyl (C=O) groups is 1. The average molecular weight is 297 g/mol. The van der Waals surface area contributed by atoms with Gasteiger partial charge in [-0.3, -0.25) is 14.7 Å². The highest BCUT2D eigenvalue weighted by Crippen LogP contribution is 2.49. The zero-order chi connectivity index (χ0) is 15.2. The maximum atomic E-state index is 12.2. The molecule has 0 radical (unpaired) electrons. The Morgan fingerprint density at radius 3 is 3.18 bits per heavy atom. The molecule has 5 nitrogen and oxygen atoms in total. The van der Waals surface area contributed by atoms with Crippen molar-refractivity contribution >= 4 is 5.91 Å². The molecule has 1 aliphatic carbocycles. The molecule has 5 heteroatoms. The van der Waals surface area contributed by atoms with Crippen LogP contribution < -0.4 is 5.32 Å². The zero-order valence-electron chi connectivity index (χ0n) is 12.6. The van der Waals surface area contributed by atoms with Gasteiger partial charge in [0.1, 0.15) is 6.26 Å². The number of nitrogens with one attached hydrogen (secondary N) is 1. The molecule has 2 aromatic rings. The third kappa shape index (κ3) is 2.41. The van der Waals surface area contributed by atoms with Crippen LogP contribution in [0.25, 0.3) is 0 Å². The van der Waals surface area contributed by atoms with Gasteiger partial charge in [-0.25, -0.2) is 0 Å². The van der Waals surface area contributed by atoms with E-state index in [-0.39, 0.29) is 11.4 Å². The quantitative estimate of drug-likeness (QED) is 0.937. The van der Waals surface area contributed by atoms with Crippen molar-refractivity contribution in [1.82, 2.24) is 15.2 Å². The Balaban J connectivity index is 1.39. The van der Waals surface area contributed by atoms with E-state index in [1.54, 1.807) is 6.07 Å². The molecule has 0 bridgehead atoms. The highest BCUT2D eigenvalue weighted by molar-refractivity contribution is 5.94. The van der Waals surface area contributed by atoms with Gasteiger partial charge in [-0.1, -0.05) is 6.07 Å². The van der Waals surface area contributed by atoms with Crippen molar-refractivity contribution in [2.75, 3.05) is 13.1 Å². The molecule has 2 atom stereocenters. The van der Waals surface area contributed by atoms with Gasteiger partial charge in [0.15, 0.2) is 0 Å². The summed E-state index contributed by atoms with van der Waals surface area (Å²) >= 11 is 0. The molecule has 2 fully saturated rings. The molecule has 0 spiro atoms. The third-order valence-electron chi connectivity index (χ3n) is 4.69. The lowest BCUT2D eigenvalue weighted by Gasteiger charge is -2.21. The predicted octanol–water partition coefficient (Wildman–Crippen LogP) is 1.99. The summed E-state index contributed by atoms with van der Waals surface area (Å²) in [5.74, 6) is 0.528. The second-order valence-corrected chi connectivity index (χ2v) is 6.46. The lowest BCUT2D eigenvalue weighted by atomic mass is 10.2. The zero-order valence-corrected chi connectivity index (χ0v) is 12.6. The van der Waals surface area contributed by atoms with E-state index in [1.807, 2.05) is 19.1 Å². The van der Waals surface area contributed by atoms with Gasteiger partial charge in [-0.15, -0.1) is 0 Å². The third-order valence-corrected chi connectivity index (χ3v) is 4.69. The van der Waals surface area contributed by atoms with Gasteiger partial charge in [-0.05, 0) is 37.5 Å². The van der Waals surface area contributed by atoms with Crippen LogP contribution in [0.3, 0.4) is 0 Å². The number of nitrogens with zero attached hydrogens (tertiary/aromatic N) is 2. The first-order chi connectivity index (χ1) is 10.6. The number of aryl methyl sites for hydroxylation is 1. The van der Waals surface area contributed by atoms with Gasteiger partial charge in [-0.2, -0.15) is 0 Å². The van der Waals surface area contributed by atoms with E-state index in [4.69, 9.17) is 4.42 Å². The summed E-state index contributed by atoms with van der Waals surface area (Å²) < 4.78 is 4.98. The number of furan rings is 1. The van der Waals surface area contributed by atoms with E-state index in [9.17, 15) is 4.79 Å². The minimum atomic E-state index is -0.0435. The first-order valence-electron chi connectivity index (χ1n) is 7.64. The number of piperidine rings is 1. The smallest absolute Gasteiger partial charge is 0.255 e. The first kappa shape index (κ1) is 13.5. The highest BCUT2D eigenvalue weighted by atomic mass is 16.3. The number of aromatic nitrogens is 1. The minimum Gasteiger partial charge on any atom is -0.472 e. The monoisotopic (exact) mass is 297 g/mol. The van der Waals surface area contributed by atoms with Crippen molar-refractivity contribution in [1.29, 1.82) is 0 Å². The van der Waals surface area contributed by atoms with Crippen molar-refractivity contribution in [2.45, 2.75) is 25.4 Å². The molecule has 1 amide bonds. The van der Waals surface area contributed by atoms with E-state index < -0.39 is 0 Å². The number of carbonyl (C=O) groups excluding carboxylic acids is 1. The summed E-state index contributed by atoms with van der Waals surface area (Å²) in [6.07, 6.45) is 4.10. The molecule has 4 rings (SSSR count). The average Bonchev–Trinajstić information content (AvgIpc) is 2.88. The molecule has 114 valence electrons. The van der Waals surface area contributed by atoms with E-state index in [1.165, 1.54) is 12.5 Å². The van der Waals surface area contributed by atoms with Crippen molar-refractivity contribution < 1.29 is 9.21 Å². The topological polar surface area (TPSA) is 58.4 Å². The van der Waals surface area contributed by atoms with Crippen LogP contribution in [0, 0.1) is 12.8 Å². The fourth-order valence-electron chi connectivity index (χ4n) is 3.51. The van der Waals surface area contributed by atoms with Gasteiger partial charge in [0, 0.05) is 25.3 Å². The molecule has 2 aromatic heterocycles. The van der Waals surface area contributed by atoms with Crippen LogP contribution in [0.15, 0.2) is 41.2 Å². The largest absolute Gasteiger partial charge is 0.472 e. The molecule has 22 heavy (non-hydrogen) atoms. The van der Waals surface area contributed by atoms with Crippen LogP contribution in [-0.4, -0.2) is 34.4 Å². The second kappa shape index (κ2) is 4.95.